The highest BCUT2D eigenvalue weighted by atomic mass is 16.6. The van der Waals surface area contributed by atoms with Crippen LogP contribution in [0.25, 0.3) is 0 Å². The molecule has 2 unspecified atom stereocenters. The van der Waals surface area contributed by atoms with E-state index in [1.165, 1.54) is 6.07 Å². The first-order chi connectivity index (χ1) is 10.0. The Bertz CT molecular complexity index is 596. The van der Waals surface area contributed by atoms with Crippen LogP contribution in [0.3, 0.4) is 0 Å². The van der Waals surface area contributed by atoms with E-state index in [1.54, 1.807) is 6.07 Å². The molecule has 112 valence electrons. The fraction of sp³-hybridized carbons (Fsp3) is 0.500. The van der Waals surface area contributed by atoms with Gasteiger partial charge in [0.2, 0.25) is 5.91 Å². The number of carbonyl (C=O) groups is 1. The minimum Gasteiger partial charge on any atom is -0.381 e. The zero-order valence-corrected chi connectivity index (χ0v) is 11.7. The van der Waals surface area contributed by atoms with Gasteiger partial charge in [0.25, 0.3) is 5.69 Å². The highest BCUT2D eigenvalue weighted by Gasteiger charge is 2.28. The van der Waals surface area contributed by atoms with Gasteiger partial charge in [0.05, 0.1) is 18.0 Å². The molecule has 0 bridgehead atoms. The van der Waals surface area contributed by atoms with E-state index in [2.05, 4.69) is 10.6 Å². The number of ether oxygens (including phenoxy) is 1. The number of nitro benzene ring substituents is 1. The van der Waals surface area contributed by atoms with Gasteiger partial charge in [0, 0.05) is 30.3 Å². The molecule has 7 heteroatoms. The molecule has 1 aromatic carbocycles. The number of hydrogen-bond donors (Lipinski definition) is 2. The Morgan fingerprint density at radius 1 is 1.52 bits per heavy atom. The lowest BCUT2D eigenvalue weighted by Crippen LogP contribution is -2.26. The van der Waals surface area contributed by atoms with E-state index < -0.39 is 4.92 Å². The largest absolute Gasteiger partial charge is 0.381 e. The minimum absolute atomic E-state index is 0.0102. The summed E-state index contributed by atoms with van der Waals surface area (Å²) in [6, 6.07) is 3.21. The Morgan fingerprint density at radius 2 is 2.33 bits per heavy atom. The van der Waals surface area contributed by atoms with E-state index in [4.69, 9.17) is 4.74 Å². The Morgan fingerprint density at radius 3 is 3.00 bits per heavy atom. The monoisotopic (exact) mass is 291 g/mol. The Kier molecular flexibility index (Phi) is 3.50. The fourth-order valence-electron chi connectivity index (χ4n) is 2.84. The van der Waals surface area contributed by atoms with Crippen LogP contribution in [0.1, 0.15) is 18.9 Å². The summed E-state index contributed by atoms with van der Waals surface area (Å²) in [7, 11) is 0. The molecule has 2 heterocycles. The van der Waals surface area contributed by atoms with E-state index in [0.717, 1.165) is 13.0 Å². The van der Waals surface area contributed by atoms with Crippen LogP contribution >= 0.6 is 0 Å². The van der Waals surface area contributed by atoms with E-state index in [0.29, 0.717) is 29.5 Å². The quantitative estimate of drug-likeness (QED) is 0.653. The van der Waals surface area contributed by atoms with Crippen LogP contribution in [-0.4, -0.2) is 30.1 Å². The standard InChI is InChI=1S/C14H17N3O4/c1-8(9-2-3-21-7-9)15-12-6-11-10(5-14(18)16-11)4-13(12)17(19)20/h4,6,8-9,15H,2-3,5,7H2,1H3,(H,16,18). The lowest BCUT2D eigenvalue weighted by atomic mass is 10.00. The second-order valence-electron chi connectivity index (χ2n) is 5.57. The molecular formula is C14H17N3O4. The maximum atomic E-state index is 11.4. The van der Waals surface area contributed by atoms with Crippen LogP contribution in [0.5, 0.6) is 0 Å². The van der Waals surface area contributed by atoms with Crippen LogP contribution in [0.4, 0.5) is 17.1 Å². The first-order valence-electron chi connectivity index (χ1n) is 7.00. The van der Waals surface area contributed by atoms with Gasteiger partial charge in [-0.25, -0.2) is 0 Å². The van der Waals surface area contributed by atoms with Crippen molar-refractivity contribution in [1.82, 2.24) is 0 Å². The number of nitrogens with zero attached hydrogens (tertiary/aromatic N) is 1. The highest BCUT2D eigenvalue weighted by molar-refractivity contribution is 6.00. The van der Waals surface area contributed by atoms with Gasteiger partial charge >= 0.3 is 0 Å². The predicted molar refractivity (Wildman–Crippen MR) is 77.4 cm³/mol. The molecule has 0 aromatic heterocycles. The summed E-state index contributed by atoms with van der Waals surface area (Å²) in [5.41, 5.74) is 1.79. The summed E-state index contributed by atoms with van der Waals surface area (Å²) >= 11 is 0. The van der Waals surface area contributed by atoms with Gasteiger partial charge in [-0.3, -0.25) is 14.9 Å². The number of anilines is 2. The number of fused-ring (bicyclic) bond motifs is 1. The third-order valence-electron chi connectivity index (χ3n) is 4.10. The van der Waals surface area contributed by atoms with Crippen molar-refractivity contribution in [3.8, 4) is 0 Å². The number of rotatable bonds is 4. The second kappa shape index (κ2) is 5.33. The zero-order chi connectivity index (χ0) is 15.0. The molecule has 1 amide bonds. The molecule has 0 aliphatic carbocycles. The van der Waals surface area contributed by atoms with E-state index in [-0.39, 0.29) is 24.1 Å². The van der Waals surface area contributed by atoms with Crippen molar-refractivity contribution in [2.75, 3.05) is 23.8 Å². The Hall–Kier alpha value is -2.15. The van der Waals surface area contributed by atoms with Crippen molar-refractivity contribution in [3.05, 3.63) is 27.8 Å². The normalized spacial score (nSPS) is 21.8. The van der Waals surface area contributed by atoms with Gasteiger partial charge in [-0.2, -0.15) is 0 Å². The maximum Gasteiger partial charge on any atom is 0.292 e. The second-order valence-corrected chi connectivity index (χ2v) is 5.57. The molecule has 1 fully saturated rings. The van der Waals surface area contributed by atoms with Crippen molar-refractivity contribution in [3.63, 3.8) is 0 Å². The van der Waals surface area contributed by atoms with Crippen molar-refractivity contribution in [2.45, 2.75) is 25.8 Å². The molecule has 1 saturated heterocycles. The van der Waals surface area contributed by atoms with Crippen LogP contribution in [0.15, 0.2) is 12.1 Å². The number of carbonyl (C=O) groups excluding carboxylic acids is 1. The van der Waals surface area contributed by atoms with E-state index in [9.17, 15) is 14.9 Å². The molecule has 2 aliphatic heterocycles. The molecule has 2 N–H and O–H groups in total. The topological polar surface area (TPSA) is 93.5 Å². The van der Waals surface area contributed by atoms with Crippen LogP contribution in [0.2, 0.25) is 0 Å². The van der Waals surface area contributed by atoms with Crippen molar-refractivity contribution < 1.29 is 14.5 Å². The van der Waals surface area contributed by atoms with Gasteiger partial charge in [0.1, 0.15) is 5.69 Å². The van der Waals surface area contributed by atoms with Crippen LogP contribution in [-0.2, 0) is 16.0 Å². The van der Waals surface area contributed by atoms with E-state index in [1.807, 2.05) is 6.92 Å². The summed E-state index contributed by atoms with van der Waals surface area (Å²) in [6.07, 6.45) is 1.14. The van der Waals surface area contributed by atoms with Gasteiger partial charge in [-0.05, 0) is 25.0 Å². The van der Waals surface area contributed by atoms with Crippen LogP contribution in [0, 0.1) is 16.0 Å². The lowest BCUT2D eigenvalue weighted by molar-refractivity contribution is -0.384. The highest BCUT2D eigenvalue weighted by Crippen LogP contribution is 2.35. The lowest BCUT2D eigenvalue weighted by Gasteiger charge is -2.20. The molecule has 1 aromatic rings. The first kappa shape index (κ1) is 13.8. The molecular weight excluding hydrogens is 274 g/mol. The van der Waals surface area contributed by atoms with E-state index >= 15 is 0 Å². The van der Waals surface area contributed by atoms with Gasteiger partial charge in [-0.1, -0.05) is 0 Å². The number of nitrogens with one attached hydrogen (secondary N) is 2. The molecule has 3 rings (SSSR count). The average Bonchev–Trinajstić information content (AvgIpc) is 3.05. The Balaban J connectivity index is 1.88. The van der Waals surface area contributed by atoms with Crippen molar-refractivity contribution in [1.29, 1.82) is 0 Å². The molecule has 2 aliphatic rings. The van der Waals surface area contributed by atoms with Crippen molar-refractivity contribution in [2.24, 2.45) is 5.92 Å². The fourth-order valence-corrected chi connectivity index (χ4v) is 2.84. The maximum absolute atomic E-state index is 11.4. The minimum atomic E-state index is -0.413. The van der Waals surface area contributed by atoms with Gasteiger partial charge < -0.3 is 15.4 Å². The van der Waals surface area contributed by atoms with Gasteiger partial charge in [0.15, 0.2) is 0 Å². The number of benzene rings is 1. The number of nitro groups is 1. The van der Waals surface area contributed by atoms with Gasteiger partial charge in [-0.15, -0.1) is 0 Å². The summed E-state index contributed by atoms with van der Waals surface area (Å²) in [5.74, 6) is 0.209. The summed E-state index contributed by atoms with van der Waals surface area (Å²) in [5, 5.41) is 17.2. The number of hydrogen-bond acceptors (Lipinski definition) is 5. The first-order valence-corrected chi connectivity index (χ1v) is 7.00. The molecule has 0 spiro atoms. The molecule has 0 saturated carbocycles. The summed E-state index contributed by atoms with van der Waals surface area (Å²) < 4.78 is 5.35. The molecule has 21 heavy (non-hydrogen) atoms. The van der Waals surface area contributed by atoms with Crippen molar-refractivity contribution >= 4 is 23.0 Å². The smallest absolute Gasteiger partial charge is 0.292 e. The summed E-state index contributed by atoms with van der Waals surface area (Å²) in [6.45, 7) is 3.40. The van der Waals surface area contributed by atoms with Crippen LogP contribution < -0.4 is 10.6 Å². The molecule has 2 atom stereocenters. The summed E-state index contributed by atoms with van der Waals surface area (Å²) in [4.78, 5) is 22.2. The molecule has 7 nitrogen and oxygen atoms in total. The third-order valence-corrected chi connectivity index (χ3v) is 4.10. The average molecular weight is 291 g/mol. The predicted octanol–water partition coefficient (Wildman–Crippen LogP) is 1.93. The SMILES string of the molecule is CC(Nc1cc2c(cc1[N+](=O)[O-])CC(=O)N2)C1CCOC1. The third kappa shape index (κ3) is 2.69. The Labute approximate surface area is 121 Å². The molecule has 0 radical (unpaired) electrons. The number of amides is 1. The zero-order valence-electron chi connectivity index (χ0n) is 11.7.